The molecule has 1 unspecified atom stereocenters. The summed E-state index contributed by atoms with van der Waals surface area (Å²) in [6, 6.07) is 6.23. The number of anilines is 1. The van der Waals surface area contributed by atoms with E-state index in [2.05, 4.69) is 23.8 Å². The zero-order valence-corrected chi connectivity index (χ0v) is 20.2. The summed E-state index contributed by atoms with van der Waals surface area (Å²) in [5.41, 5.74) is 0.689. The Morgan fingerprint density at radius 3 is 2.62 bits per heavy atom. The molecule has 2 aromatic rings. The van der Waals surface area contributed by atoms with Gasteiger partial charge in [-0.1, -0.05) is 12.1 Å². The van der Waals surface area contributed by atoms with Crippen LogP contribution in [-0.2, 0) is 20.9 Å². The number of hydrogen-bond acceptors (Lipinski definition) is 12. The third-order valence-electron chi connectivity index (χ3n) is 4.82. The van der Waals surface area contributed by atoms with Crippen LogP contribution in [0.3, 0.4) is 0 Å². The molecule has 186 valence electrons. The van der Waals surface area contributed by atoms with Gasteiger partial charge in [0.25, 0.3) is 11.0 Å². The molecule has 1 aromatic heterocycles. The molecule has 1 aliphatic heterocycles. The standard InChI is InChI=1S/C21H29N5O7S/c1-21(2,3)22-12-17(14-31-19-18(23-34-24-19)25-8-10-30-11-9-25)33-20(27)16-6-4-15(5-7-16)13-32-26(28)29/h4-7,17,22H,8-14H2,1-3H3. The van der Waals surface area contributed by atoms with Crippen LogP contribution in [0.4, 0.5) is 5.82 Å². The Morgan fingerprint density at radius 2 is 1.97 bits per heavy atom. The molecular weight excluding hydrogens is 466 g/mol. The second-order valence-corrected chi connectivity index (χ2v) is 9.18. The summed E-state index contributed by atoms with van der Waals surface area (Å²) in [5, 5.41) is 12.8. The maximum Gasteiger partial charge on any atom is 0.338 e. The Bertz CT molecular complexity index is 942. The summed E-state index contributed by atoms with van der Waals surface area (Å²) < 4.78 is 25.6. The van der Waals surface area contributed by atoms with E-state index in [0.29, 0.717) is 55.7 Å². The van der Waals surface area contributed by atoms with E-state index in [4.69, 9.17) is 14.2 Å². The van der Waals surface area contributed by atoms with Gasteiger partial charge in [0.1, 0.15) is 19.3 Å². The van der Waals surface area contributed by atoms with E-state index in [9.17, 15) is 14.9 Å². The van der Waals surface area contributed by atoms with Crippen molar-refractivity contribution in [1.29, 1.82) is 0 Å². The summed E-state index contributed by atoms with van der Waals surface area (Å²) in [7, 11) is 0. The van der Waals surface area contributed by atoms with Crippen molar-refractivity contribution in [2.75, 3.05) is 44.4 Å². The van der Waals surface area contributed by atoms with Crippen LogP contribution < -0.4 is 15.0 Å². The van der Waals surface area contributed by atoms with E-state index >= 15 is 0 Å². The lowest BCUT2D eigenvalue weighted by Crippen LogP contribution is -2.44. The van der Waals surface area contributed by atoms with Gasteiger partial charge in [0.2, 0.25) is 5.82 Å². The lowest BCUT2D eigenvalue weighted by molar-refractivity contribution is -0.763. The molecule has 1 N–H and O–H groups in total. The highest BCUT2D eigenvalue weighted by Crippen LogP contribution is 2.26. The number of nitrogens with zero attached hydrogens (tertiary/aromatic N) is 4. The third-order valence-corrected chi connectivity index (χ3v) is 5.32. The van der Waals surface area contributed by atoms with E-state index in [1.165, 1.54) is 12.1 Å². The first-order chi connectivity index (χ1) is 16.2. The van der Waals surface area contributed by atoms with Gasteiger partial charge in [0, 0.05) is 25.2 Å². The van der Waals surface area contributed by atoms with Gasteiger partial charge in [0.05, 0.1) is 30.5 Å². The van der Waals surface area contributed by atoms with Gasteiger partial charge < -0.3 is 29.3 Å². The normalized spacial score (nSPS) is 15.0. The zero-order valence-electron chi connectivity index (χ0n) is 19.4. The molecule has 1 saturated heterocycles. The van der Waals surface area contributed by atoms with Crippen molar-refractivity contribution in [1.82, 2.24) is 14.1 Å². The van der Waals surface area contributed by atoms with Gasteiger partial charge in [-0.3, -0.25) is 0 Å². The highest BCUT2D eigenvalue weighted by Gasteiger charge is 2.24. The van der Waals surface area contributed by atoms with Crippen LogP contribution in [0, 0.1) is 10.1 Å². The number of aromatic nitrogens is 2. The summed E-state index contributed by atoms with van der Waals surface area (Å²) in [4.78, 5) is 29.5. The zero-order chi connectivity index (χ0) is 24.6. The van der Waals surface area contributed by atoms with Crippen LogP contribution in [0.15, 0.2) is 24.3 Å². The molecule has 0 amide bonds. The van der Waals surface area contributed by atoms with Gasteiger partial charge in [-0.15, -0.1) is 14.5 Å². The first kappa shape index (κ1) is 25.6. The molecule has 34 heavy (non-hydrogen) atoms. The first-order valence-electron chi connectivity index (χ1n) is 10.8. The molecule has 2 heterocycles. The van der Waals surface area contributed by atoms with Crippen molar-refractivity contribution in [3.63, 3.8) is 0 Å². The molecule has 1 atom stereocenters. The minimum Gasteiger partial charge on any atom is -0.470 e. The second-order valence-electron chi connectivity index (χ2n) is 8.66. The number of morpholine rings is 1. The molecule has 0 bridgehead atoms. The molecular formula is C21H29N5O7S. The predicted octanol–water partition coefficient (Wildman–Crippen LogP) is 2.08. The van der Waals surface area contributed by atoms with Crippen molar-refractivity contribution in [3.8, 4) is 5.88 Å². The molecule has 1 fully saturated rings. The fraction of sp³-hybridized carbons (Fsp3) is 0.571. The predicted molar refractivity (Wildman–Crippen MR) is 124 cm³/mol. The second kappa shape index (κ2) is 11.9. The van der Waals surface area contributed by atoms with Crippen LogP contribution in [0.25, 0.3) is 0 Å². The highest BCUT2D eigenvalue weighted by molar-refractivity contribution is 6.99. The average molecular weight is 496 g/mol. The van der Waals surface area contributed by atoms with Crippen molar-refractivity contribution >= 4 is 23.5 Å². The Hall–Kier alpha value is -3.03. The van der Waals surface area contributed by atoms with E-state index in [1.807, 2.05) is 20.8 Å². The van der Waals surface area contributed by atoms with Crippen LogP contribution in [0.5, 0.6) is 5.88 Å². The summed E-state index contributed by atoms with van der Waals surface area (Å²) in [6.45, 7) is 8.94. The lowest BCUT2D eigenvalue weighted by Gasteiger charge is -2.27. The van der Waals surface area contributed by atoms with E-state index < -0.39 is 17.2 Å². The number of esters is 1. The Morgan fingerprint density at radius 1 is 1.26 bits per heavy atom. The molecule has 0 spiro atoms. The molecule has 1 aliphatic rings. The van der Waals surface area contributed by atoms with Crippen molar-refractivity contribution in [2.24, 2.45) is 0 Å². The summed E-state index contributed by atoms with van der Waals surface area (Å²) >= 11 is 1.06. The summed E-state index contributed by atoms with van der Waals surface area (Å²) in [6.07, 6.45) is -0.594. The van der Waals surface area contributed by atoms with Gasteiger partial charge >= 0.3 is 5.97 Å². The fourth-order valence-corrected chi connectivity index (χ4v) is 3.57. The van der Waals surface area contributed by atoms with Gasteiger partial charge in [-0.25, -0.2) is 4.79 Å². The first-order valence-corrected chi connectivity index (χ1v) is 11.5. The number of nitrogens with one attached hydrogen (secondary N) is 1. The van der Waals surface area contributed by atoms with Crippen LogP contribution in [-0.4, -0.2) is 70.9 Å². The van der Waals surface area contributed by atoms with Gasteiger partial charge in [-0.05, 0) is 38.5 Å². The number of benzene rings is 1. The van der Waals surface area contributed by atoms with Crippen LogP contribution in [0.1, 0.15) is 36.7 Å². The van der Waals surface area contributed by atoms with E-state index in [-0.39, 0.29) is 18.8 Å². The van der Waals surface area contributed by atoms with Crippen LogP contribution >= 0.6 is 11.7 Å². The van der Waals surface area contributed by atoms with Crippen LogP contribution in [0.2, 0.25) is 0 Å². The molecule has 13 heteroatoms. The number of carbonyl (C=O) groups excluding carboxylic acids is 1. The van der Waals surface area contributed by atoms with Crippen molar-refractivity contribution in [3.05, 3.63) is 45.5 Å². The number of carbonyl (C=O) groups is 1. The number of hydrogen-bond donors (Lipinski definition) is 1. The molecule has 3 rings (SSSR count). The Balaban J connectivity index is 1.62. The highest BCUT2D eigenvalue weighted by atomic mass is 32.1. The molecule has 12 nitrogen and oxygen atoms in total. The average Bonchev–Trinajstić information content (AvgIpc) is 3.28. The minimum atomic E-state index is -0.864. The minimum absolute atomic E-state index is 0.0896. The third kappa shape index (κ3) is 8.08. The van der Waals surface area contributed by atoms with E-state index in [0.717, 1.165) is 11.7 Å². The van der Waals surface area contributed by atoms with Crippen molar-refractivity contribution < 1.29 is 28.9 Å². The Kier molecular flexibility index (Phi) is 8.96. The molecule has 0 aliphatic carbocycles. The molecule has 0 radical (unpaired) electrons. The SMILES string of the molecule is CC(C)(C)NCC(COc1nsnc1N1CCOCC1)OC(=O)c1ccc(CO[N+](=O)[O-])cc1. The maximum atomic E-state index is 12.7. The summed E-state index contributed by atoms with van der Waals surface area (Å²) in [5.74, 6) is 0.532. The monoisotopic (exact) mass is 495 g/mol. The topological polar surface area (TPSA) is 138 Å². The van der Waals surface area contributed by atoms with Crippen molar-refractivity contribution in [2.45, 2.75) is 39.0 Å². The van der Waals surface area contributed by atoms with Gasteiger partial charge in [-0.2, -0.15) is 4.37 Å². The molecule has 0 saturated carbocycles. The fourth-order valence-electron chi connectivity index (χ4n) is 3.05. The van der Waals surface area contributed by atoms with E-state index in [1.54, 1.807) is 12.1 Å². The maximum absolute atomic E-state index is 12.7. The Labute approximate surface area is 201 Å². The lowest BCUT2D eigenvalue weighted by atomic mass is 10.1. The quantitative estimate of drug-likeness (QED) is 0.278. The smallest absolute Gasteiger partial charge is 0.338 e. The molecule has 1 aromatic carbocycles. The largest absolute Gasteiger partial charge is 0.470 e. The number of ether oxygens (including phenoxy) is 3. The number of rotatable bonds is 11. The van der Waals surface area contributed by atoms with Gasteiger partial charge in [0.15, 0.2) is 0 Å².